The molecule has 0 saturated heterocycles. The molecular formula is C24H28ClN3O. The maximum absolute atomic E-state index is 12.8. The Bertz CT molecular complexity index is 1040. The Morgan fingerprint density at radius 1 is 1.28 bits per heavy atom. The highest BCUT2D eigenvalue weighted by Crippen LogP contribution is 2.55. The lowest BCUT2D eigenvalue weighted by Gasteiger charge is -2.49. The van der Waals surface area contributed by atoms with Crippen LogP contribution in [-0.4, -0.2) is 15.6 Å². The molecule has 0 fully saturated rings. The van der Waals surface area contributed by atoms with Crippen molar-refractivity contribution in [2.75, 3.05) is 0 Å². The zero-order valence-electron chi connectivity index (χ0n) is 18.0. The van der Waals surface area contributed by atoms with E-state index in [2.05, 4.69) is 13.0 Å². The van der Waals surface area contributed by atoms with E-state index in [-0.39, 0.29) is 17.3 Å². The molecule has 1 heterocycles. The van der Waals surface area contributed by atoms with Gasteiger partial charge in [0.1, 0.15) is 6.07 Å². The lowest BCUT2D eigenvalue weighted by atomic mass is 9.52. The van der Waals surface area contributed by atoms with E-state index in [0.29, 0.717) is 5.02 Å². The Balaban J connectivity index is 0.00000117. The van der Waals surface area contributed by atoms with E-state index >= 15 is 0 Å². The van der Waals surface area contributed by atoms with Gasteiger partial charge in [-0.1, -0.05) is 64.4 Å². The molecule has 2 aliphatic carbocycles. The third-order valence-electron chi connectivity index (χ3n) is 6.43. The number of hydrogen-bond acceptors (Lipinski definition) is 3. The van der Waals surface area contributed by atoms with Crippen LogP contribution in [0.1, 0.15) is 52.3 Å². The molecular weight excluding hydrogens is 382 g/mol. The lowest BCUT2D eigenvalue weighted by molar-refractivity contribution is -0.128. The van der Waals surface area contributed by atoms with Crippen LogP contribution in [0.15, 0.2) is 35.9 Å². The van der Waals surface area contributed by atoms with Crippen molar-refractivity contribution in [3.8, 4) is 17.3 Å². The quantitative estimate of drug-likeness (QED) is 0.611. The summed E-state index contributed by atoms with van der Waals surface area (Å²) in [6, 6.07) is 9.93. The van der Waals surface area contributed by atoms with Gasteiger partial charge in [-0.15, -0.1) is 0 Å². The van der Waals surface area contributed by atoms with Crippen LogP contribution in [0, 0.1) is 22.7 Å². The van der Waals surface area contributed by atoms with Crippen molar-refractivity contribution in [3.63, 3.8) is 0 Å². The van der Waals surface area contributed by atoms with Crippen molar-refractivity contribution >= 4 is 17.4 Å². The summed E-state index contributed by atoms with van der Waals surface area (Å²) in [6.45, 7) is 10.1. The normalized spacial score (nSPS) is 24.4. The highest BCUT2D eigenvalue weighted by atomic mass is 35.5. The van der Waals surface area contributed by atoms with E-state index in [9.17, 15) is 10.1 Å². The van der Waals surface area contributed by atoms with Crippen LogP contribution >= 0.6 is 11.6 Å². The van der Waals surface area contributed by atoms with Crippen molar-refractivity contribution in [2.45, 2.75) is 52.9 Å². The molecule has 2 aromatic rings. The van der Waals surface area contributed by atoms with Crippen LogP contribution in [0.4, 0.5) is 0 Å². The fourth-order valence-corrected chi connectivity index (χ4v) is 5.41. The topological polar surface area (TPSA) is 58.7 Å². The monoisotopic (exact) mass is 409 g/mol. The summed E-state index contributed by atoms with van der Waals surface area (Å²) >= 11 is 6.21. The predicted molar refractivity (Wildman–Crippen MR) is 117 cm³/mol. The van der Waals surface area contributed by atoms with E-state index in [0.717, 1.165) is 29.8 Å². The molecule has 0 N–H and O–H groups in total. The van der Waals surface area contributed by atoms with E-state index in [1.54, 1.807) is 0 Å². The number of nitriles is 1. The van der Waals surface area contributed by atoms with Crippen molar-refractivity contribution < 1.29 is 4.79 Å². The first-order valence-electron chi connectivity index (χ1n) is 10.2. The van der Waals surface area contributed by atoms with E-state index in [1.165, 1.54) is 5.56 Å². The zero-order chi connectivity index (χ0) is 21.6. The fourth-order valence-electron chi connectivity index (χ4n) is 5.22. The standard InChI is InChI=1S/C22H22ClN3O.C2H6/c1-21(2)17-9-8-16-18(13-6-5-7-15(23)10-13)26(4)25-19(16)22(17,3)11-14(12-24)20(21)27;1-2/h5-7,10-11,17H,8-9H2,1-4H3;1-2H3. The van der Waals surface area contributed by atoms with E-state index in [4.69, 9.17) is 16.7 Å². The van der Waals surface area contributed by atoms with Crippen molar-refractivity contribution in [1.29, 1.82) is 5.26 Å². The second-order valence-electron chi connectivity index (χ2n) is 8.40. The molecule has 0 bridgehead atoms. The maximum Gasteiger partial charge on any atom is 0.178 e. The highest BCUT2D eigenvalue weighted by Gasteiger charge is 2.55. The van der Waals surface area contributed by atoms with Crippen LogP contribution in [0.5, 0.6) is 0 Å². The molecule has 0 radical (unpaired) electrons. The van der Waals surface area contributed by atoms with Gasteiger partial charge in [-0.05, 0) is 30.9 Å². The molecule has 4 rings (SSSR count). The van der Waals surface area contributed by atoms with Gasteiger partial charge in [-0.2, -0.15) is 10.4 Å². The summed E-state index contributed by atoms with van der Waals surface area (Å²) in [5, 5.41) is 15.1. The number of Topliss-reactive ketones (excluding diaryl/α,β-unsaturated/α-hetero) is 1. The molecule has 2 unspecified atom stereocenters. The molecule has 2 aliphatic rings. The molecule has 0 spiro atoms. The number of fused-ring (bicyclic) bond motifs is 3. The molecule has 2 atom stereocenters. The second-order valence-corrected chi connectivity index (χ2v) is 8.84. The number of aromatic nitrogens is 2. The van der Waals surface area contributed by atoms with Crippen LogP contribution < -0.4 is 0 Å². The molecule has 29 heavy (non-hydrogen) atoms. The van der Waals surface area contributed by atoms with Gasteiger partial charge in [0, 0.05) is 34.0 Å². The van der Waals surface area contributed by atoms with Gasteiger partial charge in [0.15, 0.2) is 5.78 Å². The predicted octanol–water partition coefficient (Wildman–Crippen LogP) is 5.65. The van der Waals surface area contributed by atoms with Gasteiger partial charge >= 0.3 is 0 Å². The summed E-state index contributed by atoms with van der Waals surface area (Å²) in [5.74, 6) is 0.0612. The number of ketones is 1. The van der Waals surface area contributed by atoms with Gasteiger partial charge in [0.2, 0.25) is 0 Å². The summed E-state index contributed by atoms with van der Waals surface area (Å²) in [6.07, 6.45) is 3.60. The average Bonchev–Trinajstić information content (AvgIpc) is 3.04. The molecule has 1 aromatic heterocycles. The first kappa shape index (κ1) is 21.3. The van der Waals surface area contributed by atoms with E-state index in [1.807, 2.05) is 69.8 Å². The van der Waals surface area contributed by atoms with Gasteiger partial charge < -0.3 is 0 Å². The summed E-state index contributed by atoms with van der Waals surface area (Å²) in [4.78, 5) is 12.8. The molecule has 1 aromatic carbocycles. The Morgan fingerprint density at radius 3 is 2.59 bits per heavy atom. The van der Waals surface area contributed by atoms with Crippen molar-refractivity contribution in [2.24, 2.45) is 18.4 Å². The number of carbonyl (C=O) groups is 1. The number of rotatable bonds is 1. The van der Waals surface area contributed by atoms with E-state index < -0.39 is 10.8 Å². The molecule has 0 amide bonds. The number of nitrogens with zero attached hydrogens (tertiary/aromatic N) is 3. The molecule has 152 valence electrons. The number of aryl methyl sites for hydroxylation is 1. The third-order valence-corrected chi connectivity index (χ3v) is 6.66. The lowest BCUT2D eigenvalue weighted by Crippen LogP contribution is -2.51. The number of allylic oxidation sites excluding steroid dienone is 2. The van der Waals surface area contributed by atoms with Crippen LogP contribution in [0.3, 0.4) is 0 Å². The Morgan fingerprint density at radius 2 is 1.97 bits per heavy atom. The Hall–Kier alpha value is -2.38. The molecule has 5 heteroatoms. The number of halogens is 1. The van der Waals surface area contributed by atoms with Crippen molar-refractivity contribution in [1.82, 2.24) is 9.78 Å². The molecule has 4 nitrogen and oxygen atoms in total. The third kappa shape index (κ3) is 3.13. The van der Waals surface area contributed by atoms with Crippen LogP contribution in [0.2, 0.25) is 5.02 Å². The maximum atomic E-state index is 12.8. The molecule has 0 saturated carbocycles. The Kier molecular flexibility index (Phi) is 5.49. The summed E-state index contributed by atoms with van der Waals surface area (Å²) in [7, 11) is 1.95. The zero-order valence-corrected chi connectivity index (χ0v) is 18.8. The van der Waals surface area contributed by atoms with Crippen molar-refractivity contribution in [3.05, 3.63) is 52.2 Å². The number of carbonyl (C=O) groups excluding carboxylic acids is 1. The number of benzene rings is 1. The first-order chi connectivity index (χ1) is 13.7. The minimum absolute atomic E-state index is 0.0538. The fraction of sp³-hybridized carbons (Fsp3) is 0.458. The minimum atomic E-state index is -0.583. The average molecular weight is 410 g/mol. The first-order valence-corrected chi connectivity index (χ1v) is 10.6. The smallest absolute Gasteiger partial charge is 0.178 e. The second kappa shape index (κ2) is 7.46. The summed E-state index contributed by atoms with van der Waals surface area (Å²) < 4.78 is 1.91. The highest BCUT2D eigenvalue weighted by molar-refractivity contribution is 6.30. The van der Waals surface area contributed by atoms with Gasteiger partial charge in [-0.25, -0.2) is 0 Å². The van der Waals surface area contributed by atoms with Crippen LogP contribution in [-0.2, 0) is 23.7 Å². The summed E-state index contributed by atoms with van der Waals surface area (Å²) in [5.41, 5.74) is 3.50. The number of hydrogen-bond donors (Lipinski definition) is 0. The molecule has 0 aliphatic heterocycles. The van der Waals surface area contributed by atoms with Gasteiger partial charge in [0.05, 0.1) is 17.0 Å². The minimum Gasteiger partial charge on any atom is -0.293 e. The largest absolute Gasteiger partial charge is 0.293 e. The van der Waals surface area contributed by atoms with Crippen LogP contribution in [0.25, 0.3) is 11.3 Å². The Labute approximate surface area is 178 Å². The SMILES string of the molecule is CC.Cn1nc2c(c1-c1cccc(Cl)c1)CCC1C(C)(C)C(=O)C(C#N)=CC21C. The van der Waals surface area contributed by atoms with Gasteiger partial charge in [0.25, 0.3) is 0 Å². The van der Waals surface area contributed by atoms with Gasteiger partial charge in [-0.3, -0.25) is 9.48 Å².